The van der Waals surface area contributed by atoms with Gasteiger partial charge in [-0.25, -0.2) is 0 Å². The minimum Gasteiger partial charge on any atom is -0.371 e. The van der Waals surface area contributed by atoms with Gasteiger partial charge in [-0.3, -0.25) is 9.59 Å². The van der Waals surface area contributed by atoms with Gasteiger partial charge in [0.2, 0.25) is 5.91 Å². The molecule has 3 rings (SSSR count). The first kappa shape index (κ1) is 18.7. The molecule has 0 radical (unpaired) electrons. The Morgan fingerprint density at radius 3 is 2.54 bits per heavy atom. The summed E-state index contributed by atoms with van der Waals surface area (Å²) >= 11 is 0. The molecular weight excluding hydrogens is 326 g/mol. The third kappa shape index (κ3) is 4.99. The lowest BCUT2D eigenvalue weighted by Crippen LogP contribution is -2.35. The van der Waals surface area contributed by atoms with Gasteiger partial charge in [0.05, 0.1) is 5.56 Å². The molecule has 0 atom stereocenters. The van der Waals surface area contributed by atoms with Crippen LogP contribution in [-0.4, -0.2) is 30.9 Å². The molecule has 1 aliphatic heterocycles. The van der Waals surface area contributed by atoms with Gasteiger partial charge in [-0.05, 0) is 56.2 Å². The van der Waals surface area contributed by atoms with Gasteiger partial charge < -0.3 is 15.5 Å². The maximum atomic E-state index is 12.8. The Labute approximate surface area is 156 Å². The van der Waals surface area contributed by atoms with Crippen molar-refractivity contribution in [1.82, 2.24) is 5.32 Å². The van der Waals surface area contributed by atoms with Gasteiger partial charge in [-0.2, -0.15) is 0 Å². The highest BCUT2D eigenvalue weighted by molar-refractivity contribution is 6.02. The number of benzene rings is 1. The van der Waals surface area contributed by atoms with E-state index < -0.39 is 0 Å². The lowest BCUT2D eigenvalue weighted by atomic mass is 9.97. The monoisotopic (exact) mass is 357 g/mol. The Morgan fingerprint density at radius 2 is 1.88 bits per heavy atom. The average Bonchev–Trinajstić information content (AvgIpc) is 3.44. The highest BCUT2D eigenvalue weighted by Crippen LogP contribution is 2.30. The van der Waals surface area contributed by atoms with E-state index in [1.54, 1.807) is 0 Å². The summed E-state index contributed by atoms with van der Waals surface area (Å²) in [5.74, 6) is 0.734. The van der Waals surface area contributed by atoms with E-state index in [0.29, 0.717) is 23.7 Å². The molecule has 5 nitrogen and oxygen atoms in total. The zero-order valence-corrected chi connectivity index (χ0v) is 16.0. The van der Waals surface area contributed by atoms with Crippen molar-refractivity contribution in [2.75, 3.05) is 23.3 Å². The number of rotatable bonds is 7. The largest absolute Gasteiger partial charge is 0.371 e. The summed E-state index contributed by atoms with van der Waals surface area (Å²) in [4.78, 5) is 27.1. The molecule has 1 aromatic carbocycles. The van der Waals surface area contributed by atoms with Crippen LogP contribution in [0.5, 0.6) is 0 Å². The topological polar surface area (TPSA) is 61.4 Å². The van der Waals surface area contributed by atoms with Crippen LogP contribution in [0.4, 0.5) is 11.4 Å². The molecule has 1 saturated carbocycles. The van der Waals surface area contributed by atoms with Crippen molar-refractivity contribution in [1.29, 1.82) is 0 Å². The van der Waals surface area contributed by atoms with Gasteiger partial charge in [0, 0.05) is 36.9 Å². The number of hydrogen-bond donors (Lipinski definition) is 2. The third-order valence-electron chi connectivity index (χ3n) is 5.32. The number of carbonyl (C=O) groups is 2. The number of nitrogens with zero attached hydrogens (tertiary/aromatic N) is 1. The number of carbonyl (C=O) groups excluding carboxylic acids is 2. The van der Waals surface area contributed by atoms with Gasteiger partial charge in [0.25, 0.3) is 5.91 Å². The summed E-state index contributed by atoms with van der Waals surface area (Å²) in [6.45, 7) is 6.31. The number of unbranched alkanes of at least 4 members (excludes halogenated alkanes) is 1. The predicted octanol–water partition coefficient (Wildman–Crippen LogP) is 3.94. The maximum Gasteiger partial charge on any atom is 0.253 e. The number of piperidine rings is 1. The highest BCUT2D eigenvalue weighted by atomic mass is 16.2. The van der Waals surface area contributed by atoms with E-state index in [4.69, 9.17) is 0 Å². The molecule has 2 fully saturated rings. The summed E-state index contributed by atoms with van der Waals surface area (Å²) in [6.07, 6.45) is 6.83. The lowest BCUT2D eigenvalue weighted by molar-refractivity contribution is -0.116. The van der Waals surface area contributed by atoms with Crippen molar-refractivity contribution >= 4 is 23.2 Å². The zero-order valence-electron chi connectivity index (χ0n) is 16.0. The predicted molar refractivity (Wildman–Crippen MR) is 106 cm³/mol. The molecule has 1 heterocycles. The van der Waals surface area contributed by atoms with E-state index in [2.05, 4.69) is 29.4 Å². The molecule has 2 amide bonds. The van der Waals surface area contributed by atoms with E-state index in [0.717, 1.165) is 63.2 Å². The molecule has 2 aliphatic rings. The minimum atomic E-state index is -0.0224. The van der Waals surface area contributed by atoms with E-state index in [1.165, 1.54) is 0 Å². The lowest BCUT2D eigenvalue weighted by Gasteiger charge is -2.33. The molecule has 0 aromatic heterocycles. The van der Waals surface area contributed by atoms with Gasteiger partial charge in [-0.15, -0.1) is 0 Å². The summed E-state index contributed by atoms with van der Waals surface area (Å²) in [5, 5.41) is 6.04. The summed E-state index contributed by atoms with van der Waals surface area (Å²) in [7, 11) is 0. The summed E-state index contributed by atoms with van der Waals surface area (Å²) in [6, 6.07) is 6.08. The fourth-order valence-corrected chi connectivity index (χ4v) is 3.37. The second-order valence-corrected chi connectivity index (χ2v) is 7.80. The highest BCUT2D eigenvalue weighted by Gasteiger charge is 2.27. The van der Waals surface area contributed by atoms with E-state index in [9.17, 15) is 9.59 Å². The quantitative estimate of drug-likeness (QED) is 0.777. The Morgan fingerprint density at radius 1 is 1.15 bits per heavy atom. The molecule has 26 heavy (non-hydrogen) atoms. The van der Waals surface area contributed by atoms with Crippen molar-refractivity contribution in [3.05, 3.63) is 23.8 Å². The Balaban J connectivity index is 1.78. The number of amides is 2. The van der Waals surface area contributed by atoms with Gasteiger partial charge in [0.15, 0.2) is 0 Å². The molecular formula is C21H31N3O2. The zero-order chi connectivity index (χ0) is 18.5. The normalized spacial score (nSPS) is 17.8. The van der Waals surface area contributed by atoms with Crippen molar-refractivity contribution in [3.8, 4) is 0 Å². The smallest absolute Gasteiger partial charge is 0.253 e. The molecule has 5 heteroatoms. The Kier molecular flexibility index (Phi) is 6.17. The van der Waals surface area contributed by atoms with Crippen LogP contribution in [0.1, 0.15) is 69.2 Å². The molecule has 1 aliphatic carbocycles. The van der Waals surface area contributed by atoms with Crippen molar-refractivity contribution < 1.29 is 9.59 Å². The van der Waals surface area contributed by atoms with Crippen LogP contribution in [0, 0.1) is 5.92 Å². The van der Waals surface area contributed by atoms with E-state index in [1.807, 2.05) is 18.2 Å². The van der Waals surface area contributed by atoms with Gasteiger partial charge in [-0.1, -0.05) is 20.3 Å². The number of nitrogens with one attached hydrogen (secondary N) is 2. The van der Waals surface area contributed by atoms with E-state index >= 15 is 0 Å². The molecule has 1 aromatic rings. The Bertz CT molecular complexity index is 647. The molecule has 2 N–H and O–H groups in total. The molecule has 1 saturated heterocycles. The van der Waals surface area contributed by atoms with Crippen LogP contribution in [0.3, 0.4) is 0 Å². The first-order chi connectivity index (χ1) is 12.6. The number of anilines is 2. The minimum absolute atomic E-state index is 0.0138. The van der Waals surface area contributed by atoms with Crippen molar-refractivity contribution in [2.45, 2.75) is 64.8 Å². The SMILES string of the molecule is CCCCC(=O)Nc1ccc(N2CCC(C)CC2)c(C(=O)NC2CC2)c1. The molecule has 0 bridgehead atoms. The summed E-state index contributed by atoms with van der Waals surface area (Å²) < 4.78 is 0. The fourth-order valence-electron chi connectivity index (χ4n) is 3.37. The van der Waals surface area contributed by atoms with Gasteiger partial charge >= 0.3 is 0 Å². The first-order valence-electron chi connectivity index (χ1n) is 10.1. The van der Waals surface area contributed by atoms with Crippen molar-refractivity contribution in [3.63, 3.8) is 0 Å². The molecule has 142 valence electrons. The Hall–Kier alpha value is -2.04. The molecule has 0 spiro atoms. The van der Waals surface area contributed by atoms with Crippen LogP contribution in [0.25, 0.3) is 0 Å². The maximum absolute atomic E-state index is 12.8. The first-order valence-corrected chi connectivity index (χ1v) is 10.1. The van der Waals surface area contributed by atoms with Crippen LogP contribution in [-0.2, 0) is 4.79 Å². The second kappa shape index (κ2) is 8.56. The van der Waals surface area contributed by atoms with Crippen LogP contribution in [0.15, 0.2) is 18.2 Å². The third-order valence-corrected chi connectivity index (χ3v) is 5.32. The average molecular weight is 357 g/mol. The van der Waals surface area contributed by atoms with Crippen LogP contribution >= 0.6 is 0 Å². The number of hydrogen-bond acceptors (Lipinski definition) is 3. The fraction of sp³-hybridized carbons (Fsp3) is 0.619. The van der Waals surface area contributed by atoms with Crippen LogP contribution < -0.4 is 15.5 Å². The summed E-state index contributed by atoms with van der Waals surface area (Å²) in [5.41, 5.74) is 2.38. The standard InChI is InChI=1S/C21H31N3O2/c1-3-4-5-20(25)22-17-8-9-19(24-12-10-15(2)11-13-24)18(14-17)21(26)23-16-6-7-16/h8-9,14-16H,3-7,10-13H2,1-2H3,(H,22,25)(H,23,26). The van der Waals surface area contributed by atoms with E-state index in [-0.39, 0.29) is 11.8 Å². The molecule has 0 unspecified atom stereocenters. The van der Waals surface area contributed by atoms with Crippen molar-refractivity contribution in [2.24, 2.45) is 5.92 Å². The van der Waals surface area contributed by atoms with Crippen LogP contribution in [0.2, 0.25) is 0 Å². The second-order valence-electron chi connectivity index (χ2n) is 7.80. The van der Waals surface area contributed by atoms with Gasteiger partial charge in [0.1, 0.15) is 0 Å².